The second-order valence-electron chi connectivity index (χ2n) is 5.66. The average molecular weight is 282 g/mol. The van der Waals surface area contributed by atoms with Crippen LogP contribution in [-0.4, -0.2) is 37.1 Å². The van der Waals surface area contributed by atoms with Crippen molar-refractivity contribution in [3.05, 3.63) is 24.3 Å². The molecule has 4 heteroatoms. The van der Waals surface area contributed by atoms with Gasteiger partial charge in [0.2, 0.25) is 0 Å². The zero-order valence-corrected chi connectivity index (χ0v) is 12.6. The van der Waals surface area contributed by atoms with Gasteiger partial charge in [-0.2, -0.15) is 0 Å². The maximum absolute atomic E-state index is 9.58. The Morgan fingerprint density at radius 1 is 1.10 bits per heavy atom. The molecule has 0 bridgehead atoms. The van der Waals surface area contributed by atoms with E-state index in [0.29, 0.717) is 30.4 Å². The second kappa shape index (κ2) is 8.12. The molecule has 0 fully saturated rings. The fraction of sp³-hybridized carbons (Fsp3) is 0.625. The number of methoxy groups -OCH3 is 1. The molecule has 114 valence electrons. The van der Waals surface area contributed by atoms with E-state index in [4.69, 9.17) is 9.47 Å². The first-order valence-corrected chi connectivity index (χ1v) is 7.04. The fourth-order valence-electron chi connectivity index (χ4n) is 2.42. The lowest BCUT2D eigenvalue weighted by Crippen LogP contribution is -2.33. The number of benzene rings is 1. The van der Waals surface area contributed by atoms with Gasteiger partial charge in [-0.1, -0.05) is 26.0 Å². The quantitative estimate of drug-likeness (QED) is 0.730. The van der Waals surface area contributed by atoms with Crippen molar-refractivity contribution in [1.29, 1.82) is 0 Å². The van der Waals surface area contributed by atoms with Gasteiger partial charge in [0.05, 0.1) is 26.9 Å². The number of ether oxygens (including phenoxy) is 2. The molecule has 0 aliphatic heterocycles. The summed E-state index contributed by atoms with van der Waals surface area (Å²) < 4.78 is 10.9. The summed E-state index contributed by atoms with van der Waals surface area (Å²) >= 11 is 0. The van der Waals surface area contributed by atoms with Crippen LogP contribution in [0.2, 0.25) is 0 Å². The molecule has 1 aromatic carbocycles. The van der Waals surface area contributed by atoms with Gasteiger partial charge in [-0.05, 0) is 30.9 Å². The first-order valence-electron chi connectivity index (χ1n) is 7.04. The molecule has 2 N–H and O–H groups in total. The van der Waals surface area contributed by atoms with E-state index in [0.717, 1.165) is 6.42 Å². The molecule has 0 saturated carbocycles. The van der Waals surface area contributed by atoms with Crippen LogP contribution in [0.4, 0.5) is 0 Å². The molecule has 0 atom stereocenters. The summed E-state index contributed by atoms with van der Waals surface area (Å²) in [5.74, 6) is 1.79. The van der Waals surface area contributed by atoms with Gasteiger partial charge >= 0.3 is 0 Å². The smallest absolute Gasteiger partial charge is 0.161 e. The molecule has 1 aromatic rings. The number of hydrogen-bond acceptors (Lipinski definition) is 4. The van der Waals surface area contributed by atoms with Gasteiger partial charge in [-0.15, -0.1) is 0 Å². The van der Waals surface area contributed by atoms with Crippen molar-refractivity contribution in [3.63, 3.8) is 0 Å². The molecule has 4 nitrogen and oxygen atoms in total. The van der Waals surface area contributed by atoms with Crippen LogP contribution in [0.5, 0.6) is 11.5 Å². The maximum Gasteiger partial charge on any atom is 0.161 e. The summed E-state index contributed by atoms with van der Waals surface area (Å²) in [6.07, 6.45) is 1.38. The van der Waals surface area contributed by atoms with Crippen LogP contribution < -0.4 is 9.47 Å². The Hall–Kier alpha value is -1.26. The van der Waals surface area contributed by atoms with Gasteiger partial charge in [0, 0.05) is 5.41 Å². The Balaban J connectivity index is 2.60. The Bertz CT molecular complexity index is 386. The second-order valence-corrected chi connectivity index (χ2v) is 5.66. The van der Waals surface area contributed by atoms with Gasteiger partial charge in [0.15, 0.2) is 11.5 Å². The van der Waals surface area contributed by atoms with Crippen molar-refractivity contribution in [2.45, 2.75) is 26.7 Å². The summed E-state index contributed by atoms with van der Waals surface area (Å²) in [4.78, 5) is 0. The first-order chi connectivity index (χ1) is 9.56. The molecule has 0 radical (unpaired) electrons. The maximum atomic E-state index is 9.58. The van der Waals surface area contributed by atoms with Crippen molar-refractivity contribution in [2.24, 2.45) is 11.3 Å². The summed E-state index contributed by atoms with van der Waals surface area (Å²) in [6.45, 7) is 4.55. The Morgan fingerprint density at radius 3 is 2.20 bits per heavy atom. The largest absolute Gasteiger partial charge is 0.493 e. The normalized spacial score (nSPS) is 11.7. The third-order valence-corrected chi connectivity index (χ3v) is 3.47. The highest BCUT2D eigenvalue weighted by atomic mass is 16.5. The lowest BCUT2D eigenvalue weighted by Gasteiger charge is -2.31. The molecule has 0 amide bonds. The summed E-state index contributed by atoms with van der Waals surface area (Å²) in [5.41, 5.74) is -0.476. The van der Waals surface area contributed by atoms with E-state index in [9.17, 15) is 10.2 Å². The van der Waals surface area contributed by atoms with Crippen molar-refractivity contribution >= 4 is 0 Å². The van der Waals surface area contributed by atoms with E-state index in [-0.39, 0.29) is 13.2 Å². The molecule has 0 saturated heterocycles. The van der Waals surface area contributed by atoms with Crippen molar-refractivity contribution in [2.75, 3.05) is 26.9 Å². The number of rotatable bonds is 9. The molecule has 0 aromatic heterocycles. The third kappa shape index (κ3) is 4.69. The minimum atomic E-state index is -0.476. The zero-order valence-electron chi connectivity index (χ0n) is 12.6. The molecule has 0 unspecified atom stereocenters. The van der Waals surface area contributed by atoms with Crippen molar-refractivity contribution in [3.8, 4) is 11.5 Å². The highest BCUT2D eigenvalue weighted by Crippen LogP contribution is 2.31. The summed E-state index contributed by atoms with van der Waals surface area (Å²) in [5, 5.41) is 19.2. The predicted molar refractivity (Wildman–Crippen MR) is 79.2 cm³/mol. The number of aliphatic hydroxyl groups excluding tert-OH is 2. The zero-order chi connectivity index (χ0) is 15.0. The van der Waals surface area contributed by atoms with E-state index < -0.39 is 5.41 Å². The minimum absolute atomic E-state index is 0.0308. The minimum Gasteiger partial charge on any atom is -0.493 e. The topological polar surface area (TPSA) is 58.9 Å². The lowest BCUT2D eigenvalue weighted by atomic mass is 9.79. The number of hydrogen-bond donors (Lipinski definition) is 2. The fourth-order valence-corrected chi connectivity index (χ4v) is 2.42. The van der Waals surface area contributed by atoms with Crippen LogP contribution >= 0.6 is 0 Å². The first kappa shape index (κ1) is 16.8. The predicted octanol–water partition coefficient (Wildman–Crippen LogP) is 2.48. The highest BCUT2D eigenvalue weighted by molar-refractivity contribution is 5.39. The van der Waals surface area contributed by atoms with Gasteiger partial charge in [-0.25, -0.2) is 0 Å². The molecule has 1 rings (SSSR count). The monoisotopic (exact) mass is 282 g/mol. The Labute approximate surface area is 121 Å². The Kier molecular flexibility index (Phi) is 6.82. The van der Waals surface area contributed by atoms with E-state index >= 15 is 0 Å². The van der Waals surface area contributed by atoms with Crippen LogP contribution in [-0.2, 0) is 0 Å². The van der Waals surface area contributed by atoms with E-state index in [1.807, 2.05) is 24.3 Å². The standard InChI is InChI=1S/C16H26O4/c1-13(2)10-16(11-17,12-18)8-9-20-15-7-5-4-6-14(15)19-3/h4-7,13,17-18H,8-12H2,1-3H3. The van der Waals surface area contributed by atoms with Gasteiger partial charge in [0.25, 0.3) is 0 Å². The van der Waals surface area contributed by atoms with Crippen LogP contribution in [0.3, 0.4) is 0 Å². The third-order valence-electron chi connectivity index (χ3n) is 3.47. The molecule has 0 heterocycles. The number of aliphatic hydroxyl groups is 2. The van der Waals surface area contributed by atoms with Crippen LogP contribution in [0.25, 0.3) is 0 Å². The van der Waals surface area contributed by atoms with Crippen molar-refractivity contribution in [1.82, 2.24) is 0 Å². The molecule has 0 aliphatic rings. The lowest BCUT2D eigenvalue weighted by molar-refractivity contribution is 0.0189. The molecular formula is C16H26O4. The molecule has 0 aliphatic carbocycles. The highest BCUT2D eigenvalue weighted by Gasteiger charge is 2.29. The average Bonchev–Trinajstić information content (AvgIpc) is 2.46. The van der Waals surface area contributed by atoms with Gasteiger partial charge in [-0.3, -0.25) is 0 Å². The molecular weight excluding hydrogens is 256 g/mol. The van der Waals surface area contributed by atoms with Gasteiger partial charge in [0.1, 0.15) is 0 Å². The van der Waals surface area contributed by atoms with E-state index in [1.54, 1.807) is 7.11 Å². The number of para-hydroxylation sites is 2. The van der Waals surface area contributed by atoms with E-state index in [2.05, 4.69) is 13.8 Å². The van der Waals surface area contributed by atoms with Crippen LogP contribution in [0, 0.1) is 11.3 Å². The Morgan fingerprint density at radius 2 is 1.70 bits per heavy atom. The summed E-state index contributed by atoms with van der Waals surface area (Å²) in [7, 11) is 1.60. The van der Waals surface area contributed by atoms with Crippen LogP contribution in [0.15, 0.2) is 24.3 Å². The molecule has 0 spiro atoms. The van der Waals surface area contributed by atoms with Crippen LogP contribution in [0.1, 0.15) is 26.7 Å². The summed E-state index contributed by atoms with van der Waals surface area (Å²) in [6, 6.07) is 7.46. The van der Waals surface area contributed by atoms with Gasteiger partial charge < -0.3 is 19.7 Å². The molecule has 20 heavy (non-hydrogen) atoms. The van der Waals surface area contributed by atoms with E-state index in [1.165, 1.54) is 0 Å². The van der Waals surface area contributed by atoms with Crippen molar-refractivity contribution < 1.29 is 19.7 Å². The SMILES string of the molecule is COc1ccccc1OCCC(CO)(CO)CC(C)C.